The van der Waals surface area contributed by atoms with Gasteiger partial charge in [-0.05, 0) is 26.2 Å². The molecule has 1 aliphatic heterocycles. The molecule has 0 aromatic carbocycles. The summed E-state index contributed by atoms with van der Waals surface area (Å²) in [6, 6.07) is 0. The first-order chi connectivity index (χ1) is 9.07. The molecule has 0 aliphatic carbocycles. The van der Waals surface area contributed by atoms with Crippen molar-refractivity contribution in [3.05, 3.63) is 49.1 Å². The molecule has 0 unspecified atom stereocenters. The summed E-state index contributed by atoms with van der Waals surface area (Å²) in [5, 5.41) is 0. The number of hydrogen-bond donors (Lipinski definition) is 0. The van der Waals surface area contributed by atoms with Gasteiger partial charge in [-0.1, -0.05) is 22.8 Å². The van der Waals surface area contributed by atoms with E-state index in [-0.39, 0.29) is 0 Å². The molecule has 0 aromatic heterocycles. The Morgan fingerprint density at radius 2 is 0.650 bits per heavy atom. The molecule has 1 rings (SSSR count). The minimum absolute atomic E-state index is 1.75. The first kappa shape index (κ1) is 17.7. The van der Waals surface area contributed by atoms with Crippen molar-refractivity contribution in [1.82, 2.24) is 0 Å². The summed E-state index contributed by atoms with van der Waals surface area (Å²) in [5.41, 5.74) is 7.01. The third-order valence-corrected chi connectivity index (χ3v) is 19.0. The smallest absolute Gasteiger partial charge is 0.344 e. The zero-order chi connectivity index (χ0) is 15.7. The highest BCUT2D eigenvalue weighted by Gasteiger charge is 2.53. The molecular weight excluding hydrogens is 320 g/mol. The van der Waals surface area contributed by atoms with Crippen LogP contribution in [-0.2, 0) is 16.5 Å². The molecule has 112 valence electrons. The maximum absolute atomic E-state index is 6.25. The van der Waals surface area contributed by atoms with Crippen LogP contribution in [-0.4, -0.2) is 34.2 Å². The van der Waals surface area contributed by atoms with Crippen molar-refractivity contribution in [3.63, 3.8) is 0 Å². The van der Waals surface area contributed by atoms with Crippen LogP contribution in [0.4, 0.5) is 0 Å². The summed E-state index contributed by atoms with van der Waals surface area (Å²) in [6.45, 7) is 23.2. The second-order valence-corrected chi connectivity index (χ2v) is 18.3. The van der Waals surface area contributed by atoms with Gasteiger partial charge in [0.25, 0.3) is 0 Å². The van der Waals surface area contributed by atoms with Crippen LogP contribution in [0, 0.1) is 0 Å². The molecule has 1 fully saturated rings. The first-order valence-corrected chi connectivity index (χ1v) is 16.0. The van der Waals surface area contributed by atoms with E-state index in [0.717, 1.165) is 0 Å². The van der Waals surface area contributed by atoms with E-state index < -0.39 is 34.2 Å². The van der Waals surface area contributed by atoms with E-state index in [4.69, 9.17) is 16.5 Å². The molecule has 1 aliphatic rings. The van der Waals surface area contributed by atoms with Gasteiger partial charge in [-0.15, -0.1) is 26.3 Å². The van der Waals surface area contributed by atoms with Gasteiger partial charge in [-0.2, -0.15) is 0 Å². The predicted octanol–water partition coefficient (Wildman–Crippen LogP) is 3.26. The monoisotopic (exact) mass is 344 g/mol. The zero-order valence-corrected chi connectivity index (χ0v) is 16.8. The number of hydrogen-bond acceptors (Lipinski definition) is 4. The van der Waals surface area contributed by atoms with Crippen LogP contribution in [0.5, 0.6) is 0 Å². The lowest BCUT2D eigenvalue weighted by atomic mass is 11.3. The van der Waals surface area contributed by atoms with Crippen LogP contribution in [0.2, 0.25) is 26.2 Å². The number of rotatable bonds is 4. The van der Waals surface area contributed by atoms with Crippen LogP contribution in [0.1, 0.15) is 0 Å². The van der Waals surface area contributed by atoms with Crippen LogP contribution < -0.4 is 0 Å². The Balaban J connectivity index is 3.31. The van der Waals surface area contributed by atoms with E-state index in [1.54, 1.807) is 22.8 Å². The summed E-state index contributed by atoms with van der Waals surface area (Å²) in [7, 11) is -10.4. The molecule has 0 saturated carbocycles. The Morgan fingerprint density at radius 1 is 0.500 bits per heavy atom. The maximum Gasteiger partial charge on any atom is 0.344 e. The molecule has 0 amide bonds. The quantitative estimate of drug-likeness (QED) is 0.734. The van der Waals surface area contributed by atoms with E-state index in [1.807, 2.05) is 26.2 Å². The molecule has 0 bridgehead atoms. The fourth-order valence-corrected chi connectivity index (χ4v) is 19.7. The summed E-state index contributed by atoms with van der Waals surface area (Å²) < 4.78 is 25.0. The largest absolute Gasteiger partial charge is 0.410 e. The standard InChI is InChI=1S/C12H24O4Si4/c1-9-17(5)13-18(6,10-2)15-20(8,12-4)16-19(7,11-3)14-17/h9-12H,1-4H2,5-8H3/t17-,18+,19-,20+. The molecular formula is C12H24O4Si4. The average Bonchev–Trinajstić information content (AvgIpc) is 2.36. The molecule has 0 atom stereocenters. The van der Waals surface area contributed by atoms with Gasteiger partial charge in [0.2, 0.25) is 0 Å². The molecule has 20 heavy (non-hydrogen) atoms. The lowest BCUT2D eigenvalue weighted by Crippen LogP contribution is -2.65. The molecule has 1 saturated heterocycles. The summed E-state index contributed by atoms with van der Waals surface area (Å²) in [6.07, 6.45) is 0. The second kappa shape index (κ2) is 5.81. The Kier molecular flexibility index (Phi) is 5.15. The Bertz CT molecular complexity index is 349. The van der Waals surface area contributed by atoms with Gasteiger partial charge >= 0.3 is 34.2 Å². The van der Waals surface area contributed by atoms with Gasteiger partial charge in [-0.3, -0.25) is 0 Å². The molecule has 0 spiro atoms. The highest BCUT2D eigenvalue weighted by Crippen LogP contribution is 2.32. The van der Waals surface area contributed by atoms with Crippen molar-refractivity contribution in [1.29, 1.82) is 0 Å². The SMILES string of the molecule is C=C[Si@]1(C)O[Si@](C)(C=C)O[Si@](C)(C=C)O[Si@](C)(C=C)O1. The van der Waals surface area contributed by atoms with Crippen molar-refractivity contribution in [3.8, 4) is 0 Å². The Morgan fingerprint density at radius 3 is 0.750 bits per heavy atom. The fourth-order valence-electron chi connectivity index (χ4n) is 2.03. The Labute approximate surface area is 126 Å². The molecule has 0 radical (unpaired) electrons. The van der Waals surface area contributed by atoms with Crippen LogP contribution in [0.3, 0.4) is 0 Å². The topological polar surface area (TPSA) is 36.9 Å². The van der Waals surface area contributed by atoms with Crippen molar-refractivity contribution in [2.75, 3.05) is 0 Å². The van der Waals surface area contributed by atoms with Crippen molar-refractivity contribution in [2.24, 2.45) is 0 Å². The van der Waals surface area contributed by atoms with Gasteiger partial charge in [0.05, 0.1) is 0 Å². The summed E-state index contributed by atoms with van der Waals surface area (Å²) >= 11 is 0. The van der Waals surface area contributed by atoms with Gasteiger partial charge in [0, 0.05) is 0 Å². The van der Waals surface area contributed by atoms with E-state index in [2.05, 4.69) is 26.3 Å². The zero-order valence-electron chi connectivity index (χ0n) is 12.8. The van der Waals surface area contributed by atoms with Crippen LogP contribution in [0.15, 0.2) is 49.1 Å². The summed E-state index contributed by atoms with van der Waals surface area (Å²) in [5.74, 6) is 0. The minimum Gasteiger partial charge on any atom is -0.410 e. The third kappa shape index (κ3) is 3.86. The lowest BCUT2D eigenvalue weighted by molar-refractivity contribution is 0.251. The summed E-state index contributed by atoms with van der Waals surface area (Å²) in [4.78, 5) is 0. The van der Waals surface area contributed by atoms with E-state index in [1.165, 1.54) is 0 Å². The van der Waals surface area contributed by atoms with E-state index in [9.17, 15) is 0 Å². The second-order valence-electron chi connectivity index (χ2n) is 5.29. The normalized spacial score (nSPS) is 45.8. The van der Waals surface area contributed by atoms with E-state index in [0.29, 0.717) is 0 Å². The van der Waals surface area contributed by atoms with Gasteiger partial charge in [0.1, 0.15) is 0 Å². The first-order valence-electron chi connectivity index (χ1n) is 6.42. The van der Waals surface area contributed by atoms with Gasteiger partial charge < -0.3 is 16.5 Å². The van der Waals surface area contributed by atoms with Gasteiger partial charge in [-0.25, -0.2) is 0 Å². The maximum atomic E-state index is 6.25. The van der Waals surface area contributed by atoms with Gasteiger partial charge in [0.15, 0.2) is 0 Å². The van der Waals surface area contributed by atoms with Crippen molar-refractivity contribution in [2.45, 2.75) is 26.2 Å². The average molecular weight is 345 g/mol. The molecule has 4 nitrogen and oxygen atoms in total. The Hall–Kier alpha value is -0.332. The lowest BCUT2D eigenvalue weighted by Gasteiger charge is -2.46. The third-order valence-electron chi connectivity index (χ3n) is 3.10. The highest BCUT2D eigenvalue weighted by atomic mass is 28.5. The van der Waals surface area contributed by atoms with Crippen molar-refractivity contribution >= 4 is 34.2 Å². The van der Waals surface area contributed by atoms with E-state index >= 15 is 0 Å². The fraction of sp³-hybridized carbons (Fsp3) is 0.333. The van der Waals surface area contributed by atoms with Crippen LogP contribution >= 0.6 is 0 Å². The predicted molar refractivity (Wildman–Crippen MR) is 91.6 cm³/mol. The minimum atomic E-state index is -2.60. The molecule has 0 N–H and O–H groups in total. The molecule has 1 heterocycles. The van der Waals surface area contributed by atoms with Crippen LogP contribution in [0.25, 0.3) is 0 Å². The molecule has 0 aromatic rings. The van der Waals surface area contributed by atoms with Crippen molar-refractivity contribution < 1.29 is 16.5 Å². The highest BCUT2D eigenvalue weighted by molar-refractivity contribution is 6.98. The molecule has 8 heteroatoms.